The van der Waals surface area contributed by atoms with Gasteiger partial charge in [0.15, 0.2) is 0 Å². The van der Waals surface area contributed by atoms with Gasteiger partial charge in [0.05, 0.1) is 0 Å². The van der Waals surface area contributed by atoms with Gasteiger partial charge in [-0.2, -0.15) is 0 Å². The van der Waals surface area contributed by atoms with Crippen LogP contribution in [0.25, 0.3) is 6.08 Å². The number of hydrogen-bond donors (Lipinski definition) is 0. The number of benzene rings is 1. The summed E-state index contributed by atoms with van der Waals surface area (Å²) in [5, 5.41) is 0. The molecule has 17 heavy (non-hydrogen) atoms. The van der Waals surface area contributed by atoms with Crippen molar-refractivity contribution in [3.8, 4) is 0 Å². The average Bonchev–Trinajstić information content (AvgIpc) is 2.29. The molecule has 0 aliphatic carbocycles. The molecule has 1 aromatic rings. The fourth-order valence-electron chi connectivity index (χ4n) is 1.69. The maximum absolute atomic E-state index is 3.99. The van der Waals surface area contributed by atoms with Gasteiger partial charge in [0.25, 0.3) is 0 Å². The molecule has 0 N–H and O–H groups in total. The van der Waals surface area contributed by atoms with Crippen LogP contribution >= 0.6 is 0 Å². The molecule has 0 spiro atoms. The van der Waals surface area contributed by atoms with Crippen LogP contribution in [0.15, 0.2) is 60.8 Å². The molecule has 1 heteroatoms. The molecule has 0 aromatic heterocycles. The summed E-state index contributed by atoms with van der Waals surface area (Å²) >= 11 is 0. The highest BCUT2D eigenvalue weighted by Crippen LogP contribution is 2.10. The second-order valence-corrected chi connectivity index (χ2v) is 4.31. The zero-order chi connectivity index (χ0) is 12.7. The lowest BCUT2D eigenvalue weighted by Gasteiger charge is -2.23. The molecule has 1 rings (SSSR count). The summed E-state index contributed by atoms with van der Waals surface area (Å²) in [6.07, 6.45) is 4.11. The molecule has 0 amide bonds. The minimum atomic E-state index is 0.843. The number of rotatable bonds is 6. The molecule has 0 saturated carbocycles. The summed E-state index contributed by atoms with van der Waals surface area (Å²) in [6.45, 7) is 13.7. The first-order valence-electron chi connectivity index (χ1n) is 5.87. The van der Waals surface area contributed by atoms with Crippen LogP contribution in [0.3, 0.4) is 0 Å². The van der Waals surface area contributed by atoms with Crippen molar-refractivity contribution in [3.63, 3.8) is 0 Å². The minimum Gasteiger partial charge on any atom is -0.368 e. The van der Waals surface area contributed by atoms with E-state index in [1.54, 1.807) is 0 Å². The highest BCUT2D eigenvalue weighted by Gasteiger charge is 2.02. The van der Waals surface area contributed by atoms with E-state index in [1.807, 2.05) is 19.1 Å². The normalized spacial score (nSPS) is 11.1. The molecule has 0 radical (unpaired) electrons. The Kier molecular flexibility index (Phi) is 5.28. The van der Waals surface area contributed by atoms with E-state index in [1.165, 1.54) is 11.1 Å². The molecule has 0 unspecified atom stereocenters. The summed E-state index contributed by atoms with van der Waals surface area (Å²) in [5.41, 5.74) is 3.64. The maximum Gasteiger partial charge on any atom is 0.0389 e. The van der Waals surface area contributed by atoms with Crippen LogP contribution in [0.1, 0.15) is 19.4 Å². The van der Waals surface area contributed by atoms with Gasteiger partial charge in [0, 0.05) is 18.8 Å². The Morgan fingerprint density at radius 1 is 1.24 bits per heavy atom. The predicted octanol–water partition coefficient (Wildman–Crippen LogP) is 4.11. The van der Waals surface area contributed by atoms with Crippen molar-refractivity contribution >= 4 is 6.08 Å². The van der Waals surface area contributed by atoms with Gasteiger partial charge < -0.3 is 4.90 Å². The predicted molar refractivity (Wildman–Crippen MR) is 76.7 cm³/mol. The summed E-state index contributed by atoms with van der Waals surface area (Å²) < 4.78 is 0. The lowest BCUT2D eigenvalue weighted by molar-refractivity contribution is 0.416. The zero-order valence-electron chi connectivity index (χ0n) is 10.8. The topological polar surface area (TPSA) is 3.24 Å². The van der Waals surface area contributed by atoms with Gasteiger partial charge >= 0.3 is 0 Å². The fourth-order valence-corrected chi connectivity index (χ4v) is 1.69. The van der Waals surface area contributed by atoms with Crippen molar-refractivity contribution in [2.75, 3.05) is 13.1 Å². The molecular formula is C16H21N. The van der Waals surface area contributed by atoms with Gasteiger partial charge in [0.1, 0.15) is 0 Å². The number of allylic oxidation sites excluding steroid dienone is 1. The average molecular weight is 227 g/mol. The highest BCUT2D eigenvalue weighted by molar-refractivity contribution is 5.52. The largest absolute Gasteiger partial charge is 0.368 e. The molecule has 0 aliphatic rings. The lowest BCUT2D eigenvalue weighted by atomic mass is 10.1. The van der Waals surface area contributed by atoms with Crippen LogP contribution in [0.5, 0.6) is 0 Å². The Bertz CT molecular complexity index is 401. The maximum atomic E-state index is 3.99. The Balaban J connectivity index is 2.70. The monoisotopic (exact) mass is 227 g/mol. The standard InChI is InChI=1S/C16H21N/c1-5-11-17(14(2)3)13-15(4)12-16-9-7-6-8-10-16/h5-10,12H,1-2,11,13H2,3-4H3/b15-12-. The Labute approximate surface area is 105 Å². The van der Waals surface area contributed by atoms with Gasteiger partial charge in [-0.25, -0.2) is 0 Å². The molecule has 90 valence electrons. The minimum absolute atomic E-state index is 0.843. The van der Waals surface area contributed by atoms with Crippen LogP contribution in [0, 0.1) is 0 Å². The van der Waals surface area contributed by atoms with Crippen molar-refractivity contribution in [3.05, 3.63) is 66.4 Å². The first-order valence-corrected chi connectivity index (χ1v) is 5.87. The number of hydrogen-bond acceptors (Lipinski definition) is 1. The van der Waals surface area contributed by atoms with Crippen molar-refractivity contribution in [2.24, 2.45) is 0 Å². The SMILES string of the molecule is C=CCN(C/C(C)=C\c1ccccc1)C(=C)C. The first kappa shape index (κ1) is 13.3. The summed E-state index contributed by atoms with van der Waals surface area (Å²) in [7, 11) is 0. The van der Waals surface area contributed by atoms with E-state index >= 15 is 0 Å². The smallest absolute Gasteiger partial charge is 0.0389 e. The van der Waals surface area contributed by atoms with Crippen LogP contribution in [0.2, 0.25) is 0 Å². The third kappa shape index (κ3) is 4.73. The van der Waals surface area contributed by atoms with Crippen LogP contribution in [0.4, 0.5) is 0 Å². The molecule has 0 aliphatic heterocycles. The van der Waals surface area contributed by atoms with Crippen molar-refractivity contribution < 1.29 is 0 Å². The van der Waals surface area contributed by atoms with Crippen LogP contribution in [-0.2, 0) is 0 Å². The van der Waals surface area contributed by atoms with E-state index in [-0.39, 0.29) is 0 Å². The zero-order valence-corrected chi connectivity index (χ0v) is 10.8. The second kappa shape index (κ2) is 6.74. The van der Waals surface area contributed by atoms with Crippen LogP contribution < -0.4 is 0 Å². The highest BCUT2D eigenvalue weighted by atomic mass is 15.1. The molecule has 0 fully saturated rings. The van der Waals surface area contributed by atoms with E-state index < -0.39 is 0 Å². The quantitative estimate of drug-likeness (QED) is 0.661. The van der Waals surface area contributed by atoms with Gasteiger partial charge in [-0.3, -0.25) is 0 Å². The van der Waals surface area contributed by atoms with E-state index in [9.17, 15) is 0 Å². The lowest BCUT2D eigenvalue weighted by Crippen LogP contribution is -2.23. The van der Waals surface area contributed by atoms with Crippen molar-refractivity contribution in [1.82, 2.24) is 4.90 Å². The van der Waals surface area contributed by atoms with Gasteiger partial charge in [-0.15, -0.1) is 6.58 Å². The fraction of sp³-hybridized carbons (Fsp3) is 0.250. The van der Waals surface area contributed by atoms with Gasteiger partial charge in [-0.1, -0.05) is 54.6 Å². The molecule has 1 aromatic carbocycles. The molecule has 0 saturated heterocycles. The second-order valence-electron chi connectivity index (χ2n) is 4.31. The number of nitrogens with zero attached hydrogens (tertiary/aromatic N) is 1. The molecular weight excluding hydrogens is 206 g/mol. The van der Waals surface area contributed by atoms with E-state index in [0.29, 0.717) is 0 Å². The molecule has 0 atom stereocenters. The summed E-state index contributed by atoms with van der Waals surface area (Å²) in [6, 6.07) is 10.4. The molecule has 0 heterocycles. The third-order valence-electron chi connectivity index (χ3n) is 2.54. The van der Waals surface area contributed by atoms with Gasteiger partial charge in [-0.05, 0) is 19.4 Å². The molecule has 1 nitrogen and oxygen atoms in total. The van der Waals surface area contributed by atoms with Crippen molar-refractivity contribution in [1.29, 1.82) is 0 Å². The van der Waals surface area contributed by atoms with Crippen molar-refractivity contribution in [2.45, 2.75) is 13.8 Å². The Hall–Kier alpha value is -1.76. The summed E-state index contributed by atoms with van der Waals surface area (Å²) in [5.74, 6) is 0. The Morgan fingerprint density at radius 3 is 2.41 bits per heavy atom. The van der Waals surface area contributed by atoms with E-state index in [2.05, 4.69) is 55.3 Å². The Morgan fingerprint density at radius 2 is 1.88 bits per heavy atom. The van der Waals surface area contributed by atoms with E-state index in [4.69, 9.17) is 0 Å². The first-order chi connectivity index (χ1) is 8.13. The van der Waals surface area contributed by atoms with Crippen LogP contribution in [-0.4, -0.2) is 18.0 Å². The molecule has 0 bridgehead atoms. The van der Waals surface area contributed by atoms with Gasteiger partial charge in [0.2, 0.25) is 0 Å². The third-order valence-corrected chi connectivity index (χ3v) is 2.54. The summed E-state index contributed by atoms with van der Waals surface area (Å²) in [4.78, 5) is 2.21. The van der Waals surface area contributed by atoms with E-state index in [0.717, 1.165) is 18.8 Å².